The van der Waals surface area contributed by atoms with Crippen molar-refractivity contribution in [2.75, 3.05) is 4.90 Å². The molecule has 0 aliphatic carbocycles. The van der Waals surface area contributed by atoms with Crippen LogP contribution in [0.2, 0.25) is 0 Å². The second-order valence-corrected chi connectivity index (χ2v) is 13.8. The number of nitrogens with zero attached hydrogens (tertiary/aromatic N) is 2. The highest BCUT2D eigenvalue weighted by Gasteiger charge is 2.20. The van der Waals surface area contributed by atoms with Gasteiger partial charge in [-0.25, -0.2) is 0 Å². The number of fused-ring (bicyclic) bond motifs is 5. The van der Waals surface area contributed by atoms with E-state index in [1.807, 2.05) is 0 Å². The Morgan fingerprint density at radius 1 is 0.296 bits per heavy atom. The average molecular weight is 689 g/mol. The number of hydrogen-bond acceptors (Lipinski definition) is 1. The van der Waals surface area contributed by atoms with Crippen LogP contribution in [0.1, 0.15) is 0 Å². The molecule has 2 nitrogen and oxygen atoms in total. The number of para-hydroxylation sites is 1. The van der Waals surface area contributed by atoms with Crippen molar-refractivity contribution in [3.05, 3.63) is 218 Å². The van der Waals surface area contributed by atoms with Gasteiger partial charge in [0.15, 0.2) is 0 Å². The third-order valence-corrected chi connectivity index (χ3v) is 10.5. The number of hydrogen-bond donors (Lipinski definition) is 0. The van der Waals surface area contributed by atoms with Crippen LogP contribution in [-0.4, -0.2) is 4.57 Å². The van der Waals surface area contributed by atoms with Gasteiger partial charge in [0.1, 0.15) is 0 Å². The van der Waals surface area contributed by atoms with Crippen LogP contribution in [0.3, 0.4) is 0 Å². The Morgan fingerprint density at radius 3 is 1.43 bits per heavy atom. The Labute approximate surface area is 315 Å². The Hall–Kier alpha value is -7.16. The molecule has 10 aromatic rings. The normalized spacial score (nSPS) is 11.3. The Balaban J connectivity index is 1.24. The second-order valence-electron chi connectivity index (χ2n) is 13.8. The SMILES string of the molecule is c1ccc(-c2ccc(N(c3ccccc3)c3ccc4c5c6ccccc6ccc5n(-c5cc(-c6ccccc6)cc(-c6ccccc6)c5)c4c3)cc2)cc1. The maximum Gasteiger partial charge on any atom is 0.0562 e. The van der Waals surface area contributed by atoms with Crippen molar-refractivity contribution < 1.29 is 0 Å². The minimum absolute atomic E-state index is 1.09. The molecule has 54 heavy (non-hydrogen) atoms. The summed E-state index contributed by atoms with van der Waals surface area (Å²) in [7, 11) is 0. The van der Waals surface area contributed by atoms with E-state index < -0.39 is 0 Å². The van der Waals surface area contributed by atoms with E-state index in [0.29, 0.717) is 0 Å². The van der Waals surface area contributed by atoms with E-state index >= 15 is 0 Å². The maximum absolute atomic E-state index is 2.47. The summed E-state index contributed by atoms with van der Waals surface area (Å²) < 4.78 is 2.47. The molecule has 0 amide bonds. The standard InChI is InChI=1S/C52H36N2/c1-5-15-37(16-6-1)40-25-28-45(29-26-40)53(44-22-11-4-12-23-44)46-30-31-49-51(36-46)54(50-32-27-41-21-13-14-24-48(41)52(49)50)47-34-42(38-17-7-2-8-18-38)33-43(35-47)39-19-9-3-10-20-39/h1-36H. The summed E-state index contributed by atoms with van der Waals surface area (Å²) >= 11 is 0. The van der Waals surface area contributed by atoms with Crippen LogP contribution < -0.4 is 4.90 Å². The van der Waals surface area contributed by atoms with Crippen molar-refractivity contribution in [2.24, 2.45) is 0 Å². The molecular formula is C52H36N2. The van der Waals surface area contributed by atoms with Crippen LogP contribution in [0.4, 0.5) is 17.1 Å². The zero-order valence-corrected chi connectivity index (χ0v) is 29.7. The first-order valence-corrected chi connectivity index (χ1v) is 18.5. The first kappa shape index (κ1) is 31.6. The fraction of sp³-hybridized carbons (Fsp3) is 0. The molecule has 0 atom stereocenters. The maximum atomic E-state index is 2.47. The van der Waals surface area contributed by atoms with Gasteiger partial charge in [0.2, 0.25) is 0 Å². The molecule has 0 bridgehead atoms. The highest BCUT2D eigenvalue weighted by molar-refractivity contribution is 6.21. The van der Waals surface area contributed by atoms with E-state index in [4.69, 9.17) is 0 Å². The predicted molar refractivity (Wildman–Crippen MR) is 229 cm³/mol. The summed E-state index contributed by atoms with van der Waals surface area (Å²) in [6.07, 6.45) is 0. The lowest BCUT2D eigenvalue weighted by Crippen LogP contribution is -2.10. The first-order chi connectivity index (χ1) is 26.8. The molecule has 0 saturated heterocycles. The first-order valence-electron chi connectivity index (χ1n) is 18.5. The van der Waals surface area contributed by atoms with Crippen LogP contribution in [0.5, 0.6) is 0 Å². The van der Waals surface area contributed by atoms with E-state index in [1.165, 1.54) is 60.4 Å². The van der Waals surface area contributed by atoms with E-state index in [1.54, 1.807) is 0 Å². The van der Waals surface area contributed by atoms with Crippen molar-refractivity contribution in [3.8, 4) is 39.1 Å². The van der Waals surface area contributed by atoms with Crippen molar-refractivity contribution in [1.82, 2.24) is 4.57 Å². The highest BCUT2D eigenvalue weighted by Crippen LogP contribution is 2.43. The molecule has 0 saturated carbocycles. The fourth-order valence-corrected chi connectivity index (χ4v) is 7.99. The Bertz CT molecular complexity index is 2840. The van der Waals surface area contributed by atoms with E-state index in [0.717, 1.165) is 28.3 Å². The zero-order chi connectivity index (χ0) is 35.8. The third kappa shape index (κ3) is 5.62. The number of benzene rings is 9. The molecule has 1 aromatic heterocycles. The summed E-state index contributed by atoms with van der Waals surface area (Å²) in [4.78, 5) is 2.37. The molecule has 0 unspecified atom stereocenters. The molecule has 2 heteroatoms. The molecule has 0 fully saturated rings. The van der Waals surface area contributed by atoms with Gasteiger partial charge >= 0.3 is 0 Å². The molecule has 0 aliphatic heterocycles. The van der Waals surface area contributed by atoms with Gasteiger partial charge in [0, 0.05) is 33.5 Å². The van der Waals surface area contributed by atoms with Gasteiger partial charge < -0.3 is 9.47 Å². The average Bonchev–Trinajstić information content (AvgIpc) is 3.59. The predicted octanol–water partition coefficient (Wildman–Crippen LogP) is 14.4. The Kier molecular flexibility index (Phi) is 7.85. The quantitative estimate of drug-likeness (QED) is 0.162. The molecule has 0 aliphatic rings. The zero-order valence-electron chi connectivity index (χ0n) is 29.7. The lowest BCUT2D eigenvalue weighted by atomic mass is 9.98. The van der Waals surface area contributed by atoms with E-state index in [2.05, 4.69) is 228 Å². The van der Waals surface area contributed by atoms with Gasteiger partial charge in [-0.2, -0.15) is 0 Å². The third-order valence-electron chi connectivity index (χ3n) is 10.5. The van der Waals surface area contributed by atoms with Crippen LogP contribution in [0.15, 0.2) is 218 Å². The monoisotopic (exact) mass is 688 g/mol. The van der Waals surface area contributed by atoms with Gasteiger partial charge in [0.05, 0.1) is 11.0 Å². The highest BCUT2D eigenvalue weighted by atomic mass is 15.1. The lowest BCUT2D eigenvalue weighted by molar-refractivity contribution is 1.18. The molecule has 0 spiro atoms. The largest absolute Gasteiger partial charge is 0.310 e. The minimum Gasteiger partial charge on any atom is -0.310 e. The van der Waals surface area contributed by atoms with Crippen LogP contribution in [0, 0.1) is 0 Å². The van der Waals surface area contributed by atoms with Gasteiger partial charge in [0.25, 0.3) is 0 Å². The van der Waals surface area contributed by atoms with Gasteiger partial charge in [-0.1, -0.05) is 158 Å². The van der Waals surface area contributed by atoms with Gasteiger partial charge in [-0.15, -0.1) is 0 Å². The summed E-state index contributed by atoms with van der Waals surface area (Å²) in [6.45, 7) is 0. The van der Waals surface area contributed by atoms with E-state index in [-0.39, 0.29) is 0 Å². The summed E-state index contributed by atoms with van der Waals surface area (Å²) in [5.74, 6) is 0. The van der Waals surface area contributed by atoms with Crippen molar-refractivity contribution in [3.63, 3.8) is 0 Å². The molecule has 10 rings (SSSR count). The van der Waals surface area contributed by atoms with Gasteiger partial charge in [-0.05, 0) is 105 Å². The second kappa shape index (κ2) is 13.4. The molecule has 1 heterocycles. The van der Waals surface area contributed by atoms with E-state index in [9.17, 15) is 0 Å². The number of aromatic nitrogens is 1. The van der Waals surface area contributed by atoms with Gasteiger partial charge in [-0.3, -0.25) is 0 Å². The number of rotatable bonds is 7. The van der Waals surface area contributed by atoms with Crippen molar-refractivity contribution >= 4 is 49.6 Å². The Morgan fingerprint density at radius 2 is 0.796 bits per heavy atom. The topological polar surface area (TPSA) is 8.17 Å². The van der Waals surface area contributed by atoms with Crippen LogP contribution >= 0.6 is 0 Å². The minimum atomic E-state index is 1.09. The number of anilines is 3. The van der Waals surface area contributed by atoms with Crippen molar-refractivity contribution in [2.45, 2.75) is 0 Å². The van der Waals surface area contributed by atoms with Crippen molar-refractivity contribution in [1.29, 1.82) is 0 Å². The molecule has 0 radical (unpaired) electrons. The summed E-state index contributed by atoms with van der Waals surface area (Å²) in [5.41, 5.74) is 13.9. The van der Waals surface area contributed by atoms with Crippen LogP contribution in [0.25, 0.3) is 71.6 Å². The smallest absolute Gasteiger partial charge is 0.0562 e. The fourth-order valence-electron chi connectivity index (χ4n) is 7.99. The molecule has 9 aromatic carbocycles. The molecule has 254 valence electrons. The molecule has 0 N–H and O–H groups in total. The van der Waals surface area contributed by atoms with Crippen LogP contribution in [-0.2, 0) is 0 Å². The summed E-state index contributed by atoms with van der Waals surface area (Å²) in [5, 5.41) is 4.98. The summed E-state index contributed by atoms with van der Waals surface area (Å²) in [6, 6.07) is 78.9. The molecular weight excluding hydrogens is 653 g/mol. The lowest BCUT2D eigenvalue weighted by Gasteiger charge is -2.26.